The smallest absolute Gasteiger partial charge is 0.311 e. The van der Waals surface area contributed by atoms with Crippen LogP contribution in [0.1, 0.15) is 28.9 Å². The van der Waals surface area contributed by atoms with E-state index in [9.17, 15) is 32.2 Å². The molecule has 3 N–H and O–H groups in total. The Hall–Kier alpha value is -2.22. The number of rotatable bonds is 12. The Balaban J connectivity index is 2.23. The number of amides is 1. The maximum atomic E-state index is 13.6. The summed E-state index contributed by atoms with van der Waals surface area (Å²) in [6, 6.07) is 1.34. The van der Waals surface area contributed by atoms with Crippen molar-refractivity contribution < 1.29 is 36.6 Å². The molecule has 3 atom stereocenters. The molecule has 13 heteroatoms. The van der Waals surface area contributed by atoms with Crippen LogP contribution < -0.4 is 9.62 Å². The van der Waals surface area contributed by atoms with Crippen LogP contribution >= 0.6 is 11.8 Å². The van der Waals surface area contributed by atoms with Crippen LogP contribution in [0.25, 0.3) is 0 Å². The molecule has 0 radical (unpaired) electrons. The Morgan fingerprint density at radius 2 is 1.91 bits per heavy atom. The summed E-state index contributed by atoms with van der Waals surface area (Å²) in [6.45, 7) is 0. The summed E-state index contributed by atoms with van der Waals surface area (Å²) in [5.41, 5.74) is -0.120. The number of aliphatic hydroxyl groups excluding tert-OH is 2. The fourth-order valence-corrected chi connectivity index (χ4v) is 3.84. The number of thioether (sulfide) groups is 1. The molecule has 0 aliphatic carbocycles. The number of hydrogen-bond donors (Lipinski definition) is 3. The first-order valence-electron chi connectivity index (χ1n) is 9.92. The predicted octanol–water partition coefficient (Wildman–Crippen LogP) is 1.55. The highest BCUT2D eigenvalue weighted by molar-refractivity contribution is 7.98. The van der Waals surface area contributed by atoms with Gasteiger partial charge in [0.15, 0.2) is 5.69 Å². The van der Waals surface area contributed by atoms with E-state index in [2.05, 4.69) is 10.3 Å². The average molecular weight is 508 g/mol. The van der Waals surface area contributed by atoms with Crippen molar-refractivity contribution in [3.8, 4) is 0 Å². The van der Waals surface area contributed by atoms with Crippen molar-refractivity contribution in [2.24, 2.45) is 0 Å². The van der Waals surface area contributed by atoms with E-state index in [0.717, 1.165) is 34.7 Å². The highest BCUT2D eigenvalue weighted by atomic mass is 32.2. The van der Waals surface area contributed by atoms with Gasteiger partial charge in [0.1, 0.15) is 24.0 Å². The number of nitrogens with one attached hydrogen (secondary N) is 1. The summed E-state index contributed by atoms with van der Waals surface area (Å²) in [6.07, 6.45) is 1.79. The molecule has 2 aromatic rings. The van der Waals surface area contributed by atoms with Crippen LogP contribution in [-0.4, -0.2) is 73.1 Å². The number of carbonyl (C=O) groups is 1. The van der Waals surface area contributed by atoms with Crippen molar-refractivity contribution in [1.29, 1.82) is 0 Å². The summed E-state index contributed by atoms with van der Waals surface area (Å²) in [4.78, 5) is 16.5. The van der Waals surface area contributed by atoms with Gasteiger partial charge in [0.2, 0.25) is 10.0 Å². The zero-order valence-electron chi connectivity index (χ0n) is 18.4. The van der Waals surface area contributed by atoms with Crippen LogP contribution in [0.15, 0.2) is 28.9 Å². The van der Waals surface area contributed by atoms with Crippen LogP contribution in [0.3, 0.4) is 0 Å². The molecule has 0 aliphatic rings. The molecule has 33 heavy (non-hydrogen) atoms. The third-order valence-corrected chi connectivity index (χ3v) is 6.69. The number of sulfonamides is 1. The number of oxazole rings is 1. The second-order valence-corrected chi connectivity index (χ2v) is 10.5. The van der Waals surface area contributed by atoms with Crippen LogP contribution in [0.4, 0.5) is 14.8 Å². The number of aliphatic hydroxyl groups is 2. The number of carbonyl (C=O) groups excluding carboxylic acids is 1. The third kappa shape index (κ3) is 7.95. The summed E-state index contributed by atoms with van der Waals surface area (Å²) in [7, 11) is -2.48. The number of nitrogens with zero attached hydrogens (tertiary/aromatic N) is 2. The Kier molecular flexibility index (Phi) is 9.64. The predicted molar refractivity (Wildman–Crippen MR) is 121 cm³/mol. The Morgan fingerprint density at radius 1 is 1.27 bits per heavy atom. The minimum atomic E-state index is -3.68. The van der Waals surface area contributed by atoms with Gasteiger partial charge in [0.05, 0.1) is 18.4 Å². The first-order chi connectivity index (χ1) is 15.4. The summed E-state index contributed by atoms with van der Waals surface area (Å²) in [5.74, 6) is -1.72. The van der Waals surface area contributed by atoms with E-state index in [4.69, 9.17) is 4.42 Å². The molecule has 0 saturated heterocycles. The lowest BCUT2D eigenvalue weighted by Gasteiger charge is -2.28. The molecule has 184 valence electrons. The minimum Gasteiger partial charge on any atom is -0.430 e. The van der Waals surface area contributed by atoms with Crippen LogP contribution in [0, 0.1) is 11.6 Å². The molecule has 0 spiro atoms. The van der Waals surface area contributed by atoms with E-state index in [1.165, 1.54) is 7.05 Å². The van der Waals surface area contributed by atoms with Crippen molar-refractivity contribution in [2.75, 3.05) is 29.6 Å². The molecule has 9 nitrogen and oxygen atoms in total. The van der Waals surface area contributed by atoms with Gasteiger partial charge in [-0.15, -0.1) is 0 Å². The second kappa shape index (κ2) is 11.8. The first-order valence-corrected chi connectivity index (χ1v) is 13.2. The molecule has 3 unspecified atom stereocenters. The molecular weight excluding hydrogens is 480 g/mol. The number of hydrogen-bond acceptors (Lipinski definition) is 8. The molecule has 1 amide bonds. The monoisotopic (exact) mass is 507 g/mol. The van der Waals surface area contributed by atoms with Crippen molar-refractivity contribution in [3.63, 3.8) is 0 Å². The van der Waals surface area contributed by atoms with E-state index >= 15 is 0 Å². The molecular formula is C20H27F2N3O6S2. The zero-order chi connectivity index (χ0) is 24.8. The molecule has 1 heterocycles. The van der Waals surface area contributed by atoms with Crippen molar-refractivity contribution in [2.45, 2.75) is 37.5 Å². The minimum absolute atomic E-state index is 0.158. The van der Waals surface area contributed by atoms with Gasteiger partial charge >= 0.3 is 6.01 Å². The third-order valence-electron chi connectivity index (χ3n) is 4.84. The Morgan fingerprint density at radius 3 is 2.48 bits per heavy atom. The molecule has 1 aromatic heterocycles. The van der Waals surface area contributed by atoms with E-state index in [1.54, 1.807) is 11.8 Å². The van der Waals surface area contributed by atoms with Crippen molar-refractivity contribution in [1.82, 2.24) is 10.3 Å². The molecule has 0 aliphatic heterocycles. The summed E-state index contributed by atoms with van der Waals surface area (Å²) >= 11 is 1.57. The number of halogens is 2. The van der Waals surface area contributed by atoms with Gasteiger partial charge in [-0.2, -0.15) is 16.7 Å². The van der Waals surface area contributed by atoms with Gasteiger partial charge in [0, 0.05) is 13.1 Å². The van der Waals surface area contributed by atoms with Crippen molar-refractivity contribution in [3.05, 3.63) is 47.4 Å². The van der Waals surface area contributed by atoms with E-state index in [0.29, 0.717) is 12.5 Å². The largest absolute Gasteiger partial charge is 0.430 e. The standard InChI is InChI=1S/C20H27F2N3O6S2/c1-25(33(3,29)30)20-24-16(11-31-20)19(28)23-15(18(27)17(26)5-4-6-32-2)9-12-7-13(21)10-14(22)8-12/h7-8,10-11,15,17-18,26-27H,4-6,9H2,1-3H3,(H,23,28). The molecule has 0 saturated carbocycles. The fraction of sp³-hybridized carbons (Fsp3) is 0.500. The average Bonchev–Trinajstić information content (AvgIpc) is 3.21. The topological polar surface area (TPSA) is 133 Å². The van der Waals surface area contributed by atoms with Gasteiger partial charge < -0.3 is 19.9 Å². The van der Waals surface area contributed by atoms with E-state index in [1.807, 2.05) is 6.26 Å². The van der Waals surface area contributed by atoms with E-state index < -0.39 is 45.8 Å². The maximum absolute atomic E-state index is 13.6. The summed E-state index contributed by atoms with van der Waals surface area (Å²) in [5, 5.41) is 23.6. The van der Waals surface area contributed by atoms with E-state index in [-0.39, 0.29) is 30.1 Å². The lowest BCUT2D eigenvalue weighted by molar-refractivity contribution is -0.00736. The number of benzene rings is 1. The summed E-state index contributed by atoms with van der Waals surface area (Å²) < 4.78 is 56.3. The van der Waals surface area contributed by atoms with Gasteiger partial charge in [-0.1, -0.05) is 0 Å². The lowest BCUT2D eigenvalue weighted by atomic mass is 9.95. The quantitative estimate of drug-likeness (QED) is 0.369. The number of anilines is 1. The highest BCUT2D eigenvalue weighted by Gasteiger charge is 2.30. The lowest BCUT2D eigenvalue weighted by Crippen LogP contribution is -2.50. The normalized spacial score (nSPS) is 14.5. The first kappa shape index (κ1) is 27.0. The second-order valence-electron chi connectivity index (χ2n) is 7.50. The highest BCUT2D eigenvalue weighted by Crippen LogP contribution is 2.18. The molecule has 1 aromatic carbocycles. The van der Waals surface area contributed by atoms with Gasteiger partial charge in [-0.3, -0.25) is 4.79 Å². The number of aromatic nitrogens is 1. The van der Waals surface area contributed by atoms with Gasteiger partial charge in [-0.05, 0) is 49.0 Å². The molecule has 0 fully saturated rings. The molecule has 2 rings (SSSR count). The maximum Gasteiger partial charge on any atom is 0.311 e. The Bertz CT molecular complexity index is 1030. The van der Waals surface area contributed by atoms with Gasteiger partial charge in [-0.25, -0.2) is 21.5 Å². The van der Waals surface area contributed by atoms with Crippen molar-refractivity contribution >= 4 is 33.7 Å². The Labute approximate surface area is 195 Å². The van der Waals surface area contributed by atoms with Crippen LogP contribution in [-0.2, 0) is 16.4 Å². The van der Waals surface area contributed by atoms with Crippen LogP contribution in [0.2, 0.25) is 0 Å². The van der Waals surface area contributed by atoms with Gasteiger partial charge in [0.25, 0.3) is 5.91 Å². The SMILES string of the molecule is CSCCCC(O)C(O)C(Cc1cc(F)cc(F)c1)NC(=O)c1coc(N(C)S(C)(=O)=O)n1. The van der Waals surface area contributed by atoms with Crippen LogP contribution in [0.5, 0.6) is 0 Å². The zero-order valence-corrected chi connectivity index (χ0v) is 20.0. The molecule has 0 bridgehead atoms. The fourth-order valence-electron chi connectivity index (χ4n) is 3.01.